The number of anilines is 2. The topological polar surface area (TPSA) is 82.0 Å². The zero-order valence-electron chi connectivity index (χ0n) is 13.3. The summed E-state index contributed by atoms with van der Waals surface area (Å²) in [5.41, 5.74) is 0.935. The van der Waals surface area contributed by atoms with Crippen molar-refractivity contribution in [3.05, 3.63) is 59.4 Å². The number of carbonyl (C=O) groups excluding carboxylic acids is 2. The molecule has 0 fully saturated rings. The highest BCUT2D eigenvalue weighted by molar-refractivity contribution is 6.05. The molecule has 0 aliphatic heterocycles. The minimum atomic E-state index is -0.768. The largest absolute Gasteiger partial charge is 0.326 e. The monoisotopic (exact) mass is 325 g/mol. The van der Waals surface area contributed by atoms with Gasteiger partial charge in [-0.25, -0.2) is 4.39 Å². The quantitative estimate of drug-likeness (QED) is 0.902. The van der Waals surface area contributed by atoms with E-state index in [-0.39, 0.29) is 23.0 Å². The van der Waals surface area contributed by atoms with Crippen molar-refractivity contribution < 1.29 is 14.0 Å². The van der Waals surface area contributed by atoms with E-state index in [2.05, 4.69) is 10.6 Å². The molecule has 2 rings (SSSR count). The first kappa shape index (κ1) is 17.2. The molecular formula is C18H16FN3O2. The van der Waals surface area contributed by atoms with Gasteiger partial charge in [0.15, 0.2) is 0 Å². The van der Waals surface area contributed by atoms with Crippen LogP contribution in [0, 0.1) is 23.1 Å². The van der Waals surface area contributed by atoms with Gasteiger partial charge in [-0.3, -0.25) is 9.59 Å². The molecule has 0 radical (unpaired) electrons. The molecule has 2 N–H and O–H groups in total. The van der Waals surface area contributed by atoms with Crippen LogP contribution >= 0.6 is 0 Å². The molecule has 0 saturated carbocycles. The molecule has 2 amide bonds. The second kappa shape index (κ2) is 7.38. The summed E-state index contributed by atoms with van der Waals surface area (Å²) in [6.07, 6.45) is 0. The lowest BCUT2D eigenvalue weighted by Crippen LogP contribution is -2.18. The van der Waals surface area contributed by atoms with Crippen molar-refractivity contribution in [3.8, 4) is 6.07 Å². The summed E-state index contributed by atoms with van der Waals surface area (Å²) >= 11 is 0. The van der Waals surface area contributed by atoms with Crippen LogP contribution < -0.4 is 10.6 Å². The Morgan fingerprint density at radius 1 is 1.08 bits per heavy atom. The van der Waals surface area contributed by atoms with Crippen molar-refractivity contribution in [2.24, 2.45) is 5.92 Å². The molecule has 2 aromatic carbocycles. The number of nitrogens with zero attached hydrogens (tertiary/aromatic N) is 1. The number of benzene rings is 2. The number of nitriles is 1. The summed E-state index contributed by atoms with van der Waals surface area (Å²) < 4.78 is 13.9. The number of halogens is 1. The van der Waals surface area contributed by atoms with E-state index >= 15 is 0 Å². The van der Waals surface area contributed by atoms with Crippen molar-refractivity contribution in [1.82, 2.24) is 0 Å². The molecule has 0 heterocycles. The maximum Gasteiger partial charge on any atom is 0.258 e. The number of rotatable bonds is 4. The molecule has 24 heavy (non-hydrogen) atoms. The Kier molecular flexibility index (Phi) is 5.27. The Morgan fingerprint density at radius 2 is 1.75 bits per heavy atom. The van der Waals surface area contributed by atoms with Gasteiger partial charge in [0.1, 0.15) is 5.82 Å². The lowest BCUT2D eigenvalue weighted by Gasteiger charge is -2.10. The van der Waals surface area contributed by atoms with Gasteiger partial charge >= 0.3 is 0 Å². The van der Waals surface area contributed by atoms with E-state index in [4.69, 9.17) is 5.26 Å². The Balaban J connectivity index is 2.15. The second-order valence-electron chi connectivity index (χ2n) is 5.49. The molecule has 6 heteroatoms. The van der Waals surface area contributed by atoms with E-state index in [0.29, 0.717) is 11.4 Å². The standard InChI is InChI=1S/C18H16FN3O2/c1-11(2)17(23)21-13-4-3-5-14(9-13)22-18(24)15-7-6-12(10-20)8-16(15)19/h3-9,11H,1-2H3,(H,21,23)(H,22,24). The van der Waals surface area contributed by atoms with E-state index in [0.717, 1.165) is 6.07 Å². The van der Waals surface area contributed by atoms with Crippen LogP contribution in [0.4, 0.5) is 15.8 Å². The van der Waals surface area contributed by atoms with Gasteiger partial charge in [0.2, 0.25) is 5.91 Å². The summed E-state index contributed by atoms with van der Waals surface area (Å²) in [6, 6.07) is 12.0. The minimum Gasteiger partial charge on any atom is -0.326 e. The fourth-order valence-electron chi connectivity index (χ4n) is 1.93. The zero-order valence-corrected chi connectivity index (χ0v) is 13.3. The van der Waals surface area contributed by atoms with Crippen molar-refractivity contribution in [2.75, 3.05) is 10.6 Å². The number of hydrogen-bond acceptors (Lipinski definition) is 3. The highest BCUT2D eigenvalue weighted by Crippen LogP contribution is 2.18. The Labute approximate surface area is 139 Å². The van der Waals surface area contributed by atoms with Gasteiger partial charge in [-0.05, 0) is 36.4 Å². The molecule has 0 atom stereocenters. The zero-order chi connectivity index (χ0) is 17.7. The smallest absolute Gasteiger partial charge is 0.258 e. The average molecular weight is 325 g/mol. The maximum atomic E-state index is 13.9. The first-order valence-corrected chi connectivity index (χ1v) is 7.32. The molecule has 0 aromatic heterocycles. The third-order valence-corrected chi connectivity index (χ3v) is 3.26. The summed E-state index contributed by atoms with van der Waals surface area (Å²) in [4.78, 5) is 23.9. The lowest BCUT2D eigenvalue weighted by atomic mass is 10.1. The van der Waals surface area contributed by atoms with E-state index < -0.39 is 11.7 Å². The Hall–Kier alpha value is -3.20. The fourth-order valence-corrected chi connectivity index (χ4v) is 1.93. The molecule has 2 aromatic rings. The van der Waals surface area contributed by atoms with Crippen molar-refractivity contribution >= 4 is 23.2 Å². The van der Waals surface area contributed by atoms with Gasteiger partial charge in [0.05, 0.1) is 17.2 Å². The van der Waals surface area contributed by atoms with Crippen LogP contribution in [0.5, 0.6) is 0 Å². The predicted octanol–water partition coefficient (Wildman–Crippen LogP) is 3.54. The molecule has 0 saturated heterocycles. The molecule has 122 valence electrons. The minimum absolute atomic E-state index is 0.141. The summed E-state index contributed by atoms with van der Waals surface area (Å²) in [7, 11) is 0. The van der Waals surface area contributed by atoms with E-state index in [1.165, 1.54) is 12.1 Å². The SMILES string of the molecule is CC(C)C(=O)Nc1cccc(NC(=O)c2ccc(C#N)cc2F)c1. The van der Waals surface area contributed by atoms with Crippen molar-refractivity contribution in [2.45, 2.75) is 13.8 Å². The second-order valence-corrected chi connectivity index (χ2v) is 5.49. The van der Waals surface area contributed by atoms with Crippen LogP contribution in [0.15, 0.2) is 42.5 Å². The molecule has 0 unspecified atom stereocenters. The fraction of sp³-hybridized carbons (Fsp3) is 0.167. The van der Waals surface area contributed by atoms with Gasteiger partial charge in [0, 0.05) is 17.3 Å². The van der Waals surface area contributed by atoms with Crippen LogP contribution in [0.3, 0.4) is 0 Å². The highest BCUT2D eigenvalue weighted by atomic mass is 19.1. The molecule has 0 bridgehead atoms. The summed E-state index contributed by atoms with van der Waals surface area (Å²) in [5, 5.41) is 14.0. The van der Waals surface area contributed by atoms with Gasteiger partial charge in [-0.2, -0.15) is 5.26 Å². The van der Waals surface area contributed by atoms with Crippen LogP contribution in [-0.2, 0) is 4.79 Å². The first-order valence-electron chi connectivity index (χ1n) is 7.32. The number of hydrogen-bond donors (Lipinski definition) is 2. The van der Waals surface area contributed by atoms with E-state index in [9.17, 15) is 14.0 Å². The van der Waals surface area contributed by atoms with Crippen molar-refractivity contribution in [1.29, 1.82) is 5.26 Å². The number of carbonyl (C=O) groups is 2. The van der Waals surface area contributed by atoms with Crippen LogP contribution in [-0.4, -0.2) is 11.8 Å². The molecule has 0 aliphatic rings. The van der Waals surface area contributed by atoms with Crippen LogP contribution in [0.25, 0.3) is 0 Å². The molecule has 0 spiro atoms. The predicted molar refractivity (Wildman–Crippen MR) is 89.0 cm³/mol. The Morgan fingerprint density at radius 3 is 2.33 bits per heavy atom. The van der Waals surface area contributed by atoms with Crippen molar-refractivity contribution in [3.63, 3.8) is 0 Å². The number of nitrogens with one attached hydrogen (secondary N) is 2. The van der Waals surface area contributed by atoms with Gasteiger partial charge in [-0.15, -0.1) is 0 Å². The highest BCUT2D eigenvalue weighted by Gasteiger charge is 2.13. The summed E-state index contributed by atoms with van der Waals surface area (Å²) in [6.45, 7) is 3.54. The summed E-state index contributed by atoms with van der Waals surface area (Å²) in [5.74, 6) is -1.72. The molecular weight excluding hydrogens is 309 g/mol. The average Bonchev–Trinajstić information content (AvgIpc) is 2.54. The first-order chi connectivity index (χ1) is 11.4. The van der Waals surface area contributed by atoms with Gasteiger partial charge in [0.25, 0.3) is 5.91 Å². The van der Waals surface area contributed by atoms with Crippen LogP contribution in [0.1, 0.15) is 29.8 Å². The molecule has 0 aliphatic carbocycles. The third kappa shape index (κ3) is 4.17. The Bertz CT molecular complexity index is 825. The van der Waals surface area contributed by atoms with E-state index in [1.54, 1.807) is 44.2 Å². The normalized spacial score (nSPS) is 10.1. The van der Waals surface area contributed by atoms with Gasteiger partial charge < -0.3 is 10.6 Å². The number of amides is 2. The lowest BCUT2D eigenvalue weighted by molar-refractivity contribution is -0.118. The van der Waals surface area contributed by atoms with E-state index in [1.807, 2.05) is 0 Å². The molecule has 5 nitrogen and oxygen atoms in total. The van der Waals surface area contributed by atoms with Gasteiger partial charge in [-0.1, -0.05) is 19.9 Å². The third-order valence-electron chi connectivity index (χ3n) is 3.26. The maximum absolute atomic E-state index is 13.9. The van der Waals surface area contributed by atoms with Crippen LogP contribution in [0.2, 0.25) is 0 Å².